The predicted octanol–water partition coefficient (Wildman–Crippen LogP) is 2.79. The van der Waals surface area contributed by atoms with Gasteiger partial charge in [0.15, 0.2) is 0 Å². The number of carbonyl (C=O) groups excluding carboxylic acids is 1. The van der Waals surface area contributed by atoms with Gasteiger partial charge in [0.25, 0.3) is 5.91 Å². The van der Waals surface area contributed by atoms with E-state index in [-0.39, 0.29) is 18.6 Å². The molecule has 1 unspecified atom stereocenters. The number of carbonyl (C=O) groups is 1. The fourth-order valence-corrected chi connectivity index (χ4v) is 3.28. The summed E-state index contributed by atoms with van der Waals surface area (Å²) in [4.78, 5) is 15.7. The van der Waals surface area contributed by atoms with E-state index >= 15 is 0 Å². The number of thioether (sulfide) groups is 1. The summed E-state index contributed by atoms with van der Waals surface area (Å²) in [5.74, 6) is 0.114. The Morgan fingerprint density at radius 1 is 1.42 bits per heavy atom. The van der Waals surface area contributed by atoms with Crippen molar-refractivity contribution in [3.63, 3.8) is 0 Å². The minimum atomic E-state index is 0.114. The molecule has 0 aliphatic carbocycles. The minimum absolute atomic E-state index is 0.114. The van der Waals surface area contributed by atoms with Crippen LogP contribution in [0.1, 0.15) is 36.0 Å². The summed E-state index contributed by atoms with van der Waals surface area (Å²) in [5, 5.41) is 9.15. The van der Waals surface area contributed by atoms with Crippen molar-refractivity contribution in [3.8, 4) is 0 Å². The van der Waals surface area contributed by atoms with Gasteiger partial charge in [-0.3, -0.25) is 4.79 Å². The molecule has 1 saturated heterocycles. The summed E-state index contributed by atoms with van der Waals surface area (Å²) in [6.45, 7) is 0.963. The second-order valence-corrected chi connectivity index (χ2v) is 5.71. The Labute approximate surface area is 119 Å². The largest absolute Gasteiger partial charge is 0.396 e. The lowest BCUT2D eigenvalue weighted by Gasteiger charge is -2.36. The third-order valence-corrected chi connectivity index (χ3v) is 4.48. The Bertz CT molecular complexity index is 434. The van der Waals surface area contributed by atoms with Crippen LogP contribution in [0.4, 0.5) is 0 Å². The molecule has 19 heavy (non-hydrogen) atoms. The monoisotopic (exact) mass is 279 g/mol. The van der Waals surface area contributed by atoms with Crippen molar-refractivity contribution in [3.05, 3.63) is 29.8 Å². The van der Waals surface area contributed by atoms with Crippen LogP contribution in [-0.4, -0.2) is 41.4 Å². The number of aliphatic hydroxyl groups is 1. The number of nitrogens with zero attached hydrogens (tertiary/aromatic N) is 1. The average molecular weight is 279 g/mol. The summed E-state index contributed by atoms with van der Waals surface area (Å²) >= 11 is 1.61. The van der Waals surface area contributed by atoms with Crippen LogP contribution in [0, 0.1) is 0 Å². The lowest BCUT2D eigenvalue weighted by Crippen LogP contribution is -2.44. The molecule has 2 rings (SSSR count). The number of amides is 1. The van der Waals surface area contributed by atoms with Crippen LogP contribution in [0.25, 0.3) is 0 Å². The third-order valence-electron chi connectivity index (χ3n) is 3.69. The first kappa shape index (κ1) is 14.4. The zero-order chi connectivity index (χ0) is 13.7. The highest BCUT2D eigenvalue weighted by atomic mass is 32.2. The first-order chi connectivity index (χ1) is 9.27. The summed E-state index contributed by atoms with van der Waals surface area (Å²) in [6, 6.07) is 7.96. The van der Waals surface area contributed by atoms with Crippen LogP contribution < -0.4 is 0 Å². The highest BCUT2D eigenvalue weighted by Crippen LogP contribution is 2.26. The van der Waals surface area contributed by atoms with Crippen molar-refractivity contribution in [1.82, 2.24) is 4.90 Å². The first-order valence-corrected chi connectivity index (χ1v) is 8.05. The molecule has 1 aliphatic heterocycles. The first-order valence-electron chi connectivity index (χ1n) is 6.82. The molecule has 1 aromatic carbocycles. The molecule has 104 valence electrons. The van der Waals surface area contributed by atoms with Gasteiger partial charge in [-0.15, -0.1) is 11.8 Å². The number of piperidine rings is 1. The molecule has 1 aromatic rings. The molecule has 3 nitrogen and oxygen atoms in total. The summed E-state index contributed by atoms with van der Waals surface area (Å²) in [7, 11) is 0. The second-order valence-electron chi connectivity index (χ2n) is 4.86. The minimum Gasteiger partial charge on any atom is -0.396 e. The van der Waals surface area contributed by atoms with E-state index < -0.39 is 0 Å². The number of benzene rings is 1. The molecule has 1 aliphatic rings. The molecular formula is C15H21NO2S. The zero-order valence-electron chi connectivity index (χ0n) is 11.3. The van der Waals surface area contributed by atoms with Crippen molar-refractivity contribution < 1.29 is 9.90 Å². The third kappa shape index (κ3) is 3.31. The number of aliphatic hydroxyl groups excluding tert-OH is 1. The normalized spacial score (nSPS) is 19.5. The van der Waals surface area contributed by atoms with Gasteiger partial charge in [0.1, 0.15) is 0 Å². The lowest BCUT2D eigenvalue weighted by atomic mass is 9.98. The number of hydrogen-bond donors (Lipinski definition) is 1. The van der Waals surface area contributed by atoms with E-state index in [1.807, 2.05) is 35.4 Å². The number of rotatable bonds is 4. The van der Waals surface area contributed by atoms with Crippen molar-refractivity contribution in [1.29, 1.82) is 0 Å². The van der Waals surface area contributed by atoms with E-state index in [1.165, 1.54) is 0 Å². The van der Waals surface area contributed by atoms with Crippen LogP contribution in [0.3, 0.4) is 0 Å². The van der Waals surface area contributed by atoms with Crippen LogP contribution in [0.15, 0.2) is 29.2 Å². The molecule has 1 N–H and O–H groups in total. The molecule has 0 bridgehead atoms. The topological polar surface area (TPSA) is 40.5 Å². The SMILES string of the molecule is CSc1ccccc1C(=O)N1CCCCC1CCO. The van der Waals surface area contributed by atoms with Gasteiger partial charge < -0.3 is 10.0 Å². The molecule has 1 fully saturated rings. The Hall–Kier alpha value is -1.00. The second kappa shape index (κ2) is 6.96. The quantitative estimate of drug-likeness (QED) is 0.862. The van der Waals surface area contributed by atoms with Gasteiger partial charge in [0.05, 0.1) is 5.56 Å². The van der Waals surface area contributed by atoms with Gasteiger partial charge in [-0.05, 0) is 44.1 Å². The van der Waals surface area contributed by atoms with Gasteiger partial charge in [-0.25, -0.2) is 0 Å². The van der Waals surface area contributed by atoms with Crippen LogP contribution >= 0.6 is 11.8 Å². The Balaban J connectivity index is 2.21. The van der Waals surface area contributed by atoms with E-state index in [2.05, 4.69) is 0 Å². The van der Waals surface area contributed by atoms with E-state index in [0.29, 0.717) is 6.42 Å². The van der Waals surface area contributed by atoms with Gasteiger partial charge in [0.2, 0.25) is 0 Å². The predicted molar refractivity (Wildman–Crippen MR) is 78.6 cm³/mol. The molecule has 0 spiro atoms. The molecular weight excluding hydrogens is 258 g/mol. The van der Waals surface area contributed by atoms with Crippen LogP contribution in [0.5, 0.6) is 0 Å². The average Bonchev–Trinajstić information content (AvgIpc) is 2.47. The van der Waals surface area contributed by atoms with Crippen molar-refractivity contribution in [2.24, 2.45) is 0 Å². The Morgan fingerprint density at radius 2 is 2.21 bits per heavy atom. The van der Waals surface area contributed by atoms with E-state index in [0.717, 1.165) is 36.3 Å². The standard InChI is InChI=1S/C15H21NO2S/c1-19-14-8-3-2-7-13(14)15(18)16-10-5-4-6-12(16)9-11-17/h2-3,7-8,12,17H,4-6,9-11H2,1H3. The maximum absolute atomic E-state index is 12.7. The number of likely N-dealkylation sites (tertiary alicyclic amines) is 1. The van der Waals surface area contributed by atoms with Gasteiger partial charge in [-0.2, -0.15) is 0 Å². The lowest BCUT2D eigenvalue weighted by molar-refractivity contribution is 0.0571. The fourth-order valence-electron chi connectivity index (χ4n) is 2.69. The number of hydrogen-bond acceptors (Lipinski definition) is 3. The summed E-state index contributed by atoms with van der Waals surface area (Å²) in [6.07, 6.45) is 5.90. The molecule has 1 amide bonds. The molecule has 1 atom stereocenters. The highest BCUT2D eigenvalue weighted by molar-refractivity contribution is 7.98. The smallest absolute Gasteiger partial charge is 0.255 e. The Morgan fingerprint density at radius 3 is 2.95 bits per heavy atom. The van der Waals surface area contributed by atoms with Crippen LogP contribution in [0.2, 0.25) is 0 Å². The van der Waals surface area contributed by atoms with Crippen molar-refractivity contribution >= 4 is 17.7 Å². The van der Waals surface area contributed by atoms with Gasteiger partial charge in [0, 0.05) is 24.1 Å². The van der Waals surface area contributed by atoms with Crippen LogP contribution in [-0.2, 0) is 0 Å². The van der Waals surface area contributed by atoms with Crippen molar-refractivity contribution in [2.45, 2.75) is 36.6 Å². The van der Waals surface area contributed by atoms with Gasteiger partial charge in [-0.1, -0.05) is 12.1 Å². The maximum Gasteiger partial charge on any atom is 0.255 e. The Kier molecular flexibility index (Phi) is 5.28. The highest BCUT2D eigenvalue weighted by Gasteiger charge is 2.27. The van der Waals surface area contributed by atoms with E-state index in [1.54, 1.807) is 11.8 Å². The van der Waals surface area contributed by atoms with E-state index in [4.69, 9.17) is 5.11 Å². The van der Waals surface area contributed by atoms with Gasteiger partial charge >= 0.3 is 0 Å². The molecule has 0 saturated carbocycles. The zero-order valence-corrected chi connectivity index (χ0v) is 12.2. The molecule has 0 aromatic heterocycles. The maximum atomic E-state index is 12.7. The molecule has 1 heterocycles. The molecule has 0 radical (unpaired) electrons. The summed E-state index contributed by atoms with van der Waals surface area (Å²) < 4.78 is 0. The van der Waals surface area contributed by atoms with E-state index in [9.17, 15) is 4.79 Å². The summed E-state index contributed by atoms with van der Waals surface area (Å²) in [5.41, 5.74) is 0.792. The molecule has 4 heteroatoms. The fraction of sp³-hybridized carbons (Fsp3) is 0.533. The van der Waals surface area contributed by atoms with Crippen molar-refractivity contribution in [2.75, 3.05) is 19.4 Å².